The summed E-state index contributed by atoms with van der Waals surface area (Å²) in [5.41, 5.74) is 3.90. The molecule has 1 aromatic carbocycles. The van der Waals surface area contributed by atoms with E-state index in [9.17, 15) is 0 Å². The highest BCUT2D eigenvalue weighted by Gasteiger charge is 2.20. The van der Waals surface area contributed by atoms with Gasteiger partial charge in [0, 0.05) is 24.6 Å². The van der Waals surface area contributed by atoms with E-state index in [1.165, 1.54) is 0 Å². The molecule has 0 spiro atoms. The Balaban J connectivity index is 1.96. The maximum absolute atomic E-state index is 5.38. The molecule has 2 aromatic heterocycles. The molecule has 0 amide bonds. The van der Waals surface area contributed by atoms with Gasteiger partial charge in [-0.2, -0.15) is 0 Å². The molecule has 5 heteroatoms. The molecule has 5 nitrogen and oxygen atoms in total. The molecule has 0 aliphatic carbocycles. The minimum absolute atomic E-state index is 0.0203. The van der Waals surface area contributed by atoms with E-state index < -0.39 is 0 Å². The van der Waals surface area contributed by atoms with Crippen LogP contribution in [0.5, 0.6) is 5.75 Å². The molecule has 0 aliphatic rings. The van der Waals surface area contributed by atoms with E-state index >= 15 is 0 Å². The zero-order valence-corrected chi connectivity index (χ0v) is 14.7. The Kier molecular flexibility index (Phi) is 5.36. The zero-order chi connectivity index (χ0) is 17.6. The van der Waals surface area contributed by atoms with E-state index in [0.29, 0.717) is 0 Å². The van der Waals surface area contributed by atoms with Crippen molar-refractivity contribution in [2.75, 3.05) is 7.11 Å². The Bertz CT molecular complexity index is 823. The van der Waals surface area contributed by atoms with Gasteiger partial charge in [0.15, 0.2) is 0 Å². The summed E-state index contributed by atoms with van der Waals surface area (Å²) in [4.78, 5) is 13.4. The van der Waals surface area contributed by atoms with Crippen molar-refractivity contribution < 1.29 is 4.74 Å². The fraction of sp³-hybridized carbons (Fsp3) is 0.250. The third-order valence-electron chi connectivity index (χ3n) is 4.16. The van der Waals surface area contributed by atoms with Crippen LogP contribution < -0.4 is 10.1 Å². The molecule has 128 valence electrons. The number of rotatable bonds is 6. The van der Waals surface area contributed by atoms with Gasteiger partial charge in [-0.1, -0.05) is 18.2 Å². The lowest BCUT2D eigenvalue weighted by Crippen LogP contribution is -2.27. The van der Waals surface area contributed by atoms with E-state index in [1.807, 2.05) is 49.5 Å². The Labute approximate surface area is 148 Å². The third kappa shape index (κ3) is 4.00. The lowest BCUT2D eigenvalue weighted by Gasteiger charge is -2.24. The van der Waals surface area contributed by atoms with Gasteiger partial charge in [0.25, 0.3) is 0 Å². The van der Waals surface area contributed by atoms with E-state index in [-0.39, 0.29) is 12.1 Å². The molecule has 25 heavy (non-hydrogen) atoms. The van der Waals surface area contributed by atoms with Crippen LogP contribution in [0.15, 0.2) is 61.1 Å². The smallest absolute Gasteiger partial charge is 0.119 e. The van der Waals surface area contributed by atoms with Crippen LogP contribution in [0.3, 0.4) is 0 Å². The average molecular weight is 334 g/mol. The van der Waals surface area contributed by atoms with E-state index in [1.54, 1.807) is 19.5 Å². The Hall–Kier alpha value is -2.79. The van der Waals surface area contributed by atoms with Crippen molar-refractivity contribution in [1.82, 2.24) is 20.3 Å². The van der Waals surface area contributed by atoms with Crippen LogP contribution in [-0.4, -0.2) is 22.1 Å². The Morgan fingerprint density at radius 2 is 1.80 bits per heavy atom. The first-order valence-electron chi connectivity index (χ1n) is 8.27. The molecule has 3 aromatic rings. The zero-order valence-electron chi connectivity index (χ0n) is 14.7. The Morgan fingerprint density at radius 3 is 2.52 bits per heavy atom. The molecule has 0 saturated heterocycles. The number of ether oxygens (including phenoxy) is 1. The van der Waals surface area contributed by atoms with Crippen molar-refractivity contribution in [3.8, 4) is 5.75 Å². The van der Waals surface area contributed by atoms with Crippen molar-refractivity contribution in [3.05, 3.63) is 83.7 Å². The summed E-state index contributed by atoms with van der Waals surface area (Å²) < 4.78 is 5.38. The van der Waals surface area contributed by atoms with Crippen LogP contribution in [0.2, 0.25) is 0 Å². The molecule has 2 heterocycles. The van der Waals surface area contributed by atoms with Gasteiger partial charge >= 0.3 is 0 Å². The fourth-order valence-corrected chi connectivity index (χ4v) is 2.89. The number of hydrogen-bond donors (Lipinski definition) is 1. The highest BCUT2D eigenvalue weighted by atomic mass is 16.5. The van der Waals surface area contributed by atoms with Crippen molar-refractivity contribution in [2.24, 2.45) is 0 Å². The minimum Gasteiger partial charge on any atom is -0.497 e. The largest absolute Gasteiger partial charge is 0.497 e. The topological polar surface area (TPSA) is 59.9 Å². The number of nitrogens with one attached hydrogen (secondary N) is 1. The molecule has 0 saturated carbocycles. The van der Waals surface area contributed by atoms with Crippen LogP contribution in [-0.2, 0) is 0 Å². The summed E-state index contributed by atoms with van der Waals surface area (Å²) in [6.07, 6.45) is 5.24. The van der Waals surface area contributed by atoms with E-state index in [0.717, 1.165) is 28.4 Å². The lowest BCUT2D eigenvalue weighted by molar-refractivity contribution is 0.412. The number of methoxy groups -OCH3 is 1. The highest BCUT2D eigenvalue weighted by Crippen LogP contribution is 2.27. The van der Waals surface area contributed by atoms with Gasteiger partial charge in [0.05, 0.1) is 30.2 Å². The van der Waals surface area contributed by atoms with Crippen LogP contribution >= 0.6 is 0 Å². The maximum Gasteiger partial charge on any atom is 0.119 e. The van der Waals surface area contributed by atoms with E-state index in [4.69, 9.17) is 4.74 Å². The third-order valence-corrected chi connectivity index (χ3v) is 4.16. The van der Waals surface area contributed by atoms with Gasteiger partial charge in [-0.15, -0.1) is 0 Å². The molecule has 0 fully saturated rings. The van der Waals surface area contributed by atoms with Crippen LogP contribution in [0.1, 0.15) is 41.7 Å². The van der Waals surface area contributed by atoms with E-state index in [2.05, 4.69) is 33.3 Å². The van der Waals surface area contributed by atoms with Gasteiger partial charge in [-0.25, -0.2) is 0 Å². The molecule has 2 atom stereocenters. The van der Waals surface area contributed by atoms with Crippen LogP contribution in [0, 0.1) is 6.92 Å². The SMILES string of the molecule is COc1cccc(C(NC(C)c2nccnc2C)c2ccccn2)c1. The standard InChI is InChI=1S/C20H22N4O/c1-14-19(23-12-11-21-14)15(2)24-20(18-9-4-5-10-22-18)16-7-6-8-17(13-16)25-3/h4-13,15,20,24H,1-3H3. The molecule has 2 unspecified atom stereocenters. The van der Waals surface area contributed by atoms with Crippen molar-refractivity contribution in [2.45, 2.75) is 25.9 Å². The Morgan fingerprint density at radius 1 is 0.960 bits per heavy atom. The molecular formula is C20H22N4O. The first kappa shape index (κ1) is 17.0. The number of nitrogens with zero attached hydrogens (tertiary/aromatic N) is 3. The highest BCUT2D eigenvalue weighted by molar-refractivity contribution is 5.35. The van der Waals surface area contributed by atoms with Crippen molar-refractivity contribution in [3.63, 3.8) is 0 Å². The second-order valence-corrected chi connectivity index (χ2v) is 5.88. The van der Waals surface area contributed by atoms with Gasteiger partial charge in [-0.3, -0.25) is 20.3 Å². The monoisotopic (exact) mass is 334 g/mol. The number of benzene rings is 1. The summed E-state index contributed by atoms with van der Waals surface area (Å²) in [5.74, 6) is 0.823. The first-order valence-corrected chi connectivity index (χ1v) is 8.27. The average Bonchev–Trinajstić information content (AvgIpc) is 2.67. The fourth-order valence-electron chi connectivity index (χ4n) is 2.89. The summed E-state index contributed by atoms with van der Waals surface area (Å²) >= 11 is 0. The van der Waals surface area contributed by atoms with Crippen LogP contribution in [0.4, 0.5) is 0 Å². The lowest BCUT2D eigenvalue weighted by atomic mass is 10.0. The number of pyridine rings is 1. The predicted octanol–water partition coefficient (Wildman–Crippen LogP) is 3.63. The molecule has 0 aliphatic heterocycles. The predicted molar refractivity (Wildman–Crippen MR) is 97.4 cm³/mol. The summed E-state index contributed by atoms with van der Waals surface area (Å²) in [5, 5.41) is 3.64. The molecule has 1 N–H and O–H groups in total. The number of aryl methyl sites for hydroxylation is 1. The maximum atomic E-state index is 5.38. The molecule has 0 radical (unpaired) electrons. The van der Waals surface area contributed by atoms with Gasteiger partial charge in [0.1, 0.15) is 5.75 Å². The molecule has 0 bridgehead atoms. The van der Waals surface area contributed by atoms with Gasteiger partial charge < -0.3 is 4.74 Å². The number of aromatic nitrogens is 3. The van der Waals surface area contributed by atoms with Crippen molar-refractivity contribution >= 4 is 0 Å². The molecular weight excluding hydrogens is 312 g/mol. The second kappa shape index (κ2) is 7.85. The van der Waals surface area contributed by atoms with Gasteiger partial charge in [0.2, 0.25) is 0 Å². The first-order chi connectivity index (χ1) is 12.2. The summed E-state index contributed by atoms with van der Waals surface area (Å²) in [6.45, 7) is 4.06. The quantitative estimate of drug-likeness (QED) is 0.746. The second-order valence-electron chi connectivity index (χ2n) is 5.88. The van der Waals surface area contributed by atoms with Crippen molar-refractivity contribution in [1.29, 1.82) is 0 Å². The summed E-state index contributed by atoms with van der Waals surface area (Å²) in [6, 6.07) is 13.9. The number of hydrogen-bond acceptors (Lipinski definition) is 5. The van der Waals surface area contributed by atoms with Crippen LogP contribution in [0.25, 0.3) is 0 Å². The van der Waals surface area contributed by atoms with Gasteiger partial charge in [-0.05, 0) is 43.7 Å². The molecule has 3 rings (SSSR count). The summed E-state index contributed by atoms with van der Waals surface area (Å²) in [7, 11) is 1.67. The minimum atomic E-state index is -0.0762. The normalized spacial score (nSPS) is 13.2.